The predicted molar refractivity (Wildman–Crippen MR) is 97.8 cm³/mol. The predicted octanol–water partition coefficient (Wildman–Crippen LogP) is 3.85. The normalized spacial score (nSPS) is 12.5. The third-order valence-corrected chi connectivity index (χ3v) is 4.59. The molecular weight excluding hydrogens is 318 g/mol. The molecule has 0 saturated carbocycles. The standard InChI is InChI=1S/C18H15N5S/c1-13-12-24-18(22-15-5-4-8-19-11-15)23(13)21-10-14-9-20-17-7-3-2-6-16(14)17/h2-12,20H,1H3. The summed E-state index contributed by atoms with van der Waals surface area (Å²) < 4.78 is 1.85. The summed E-state index contributed by atoms with van der Waals surface area (Å²) in [6, 6.07) is 12.0. The fourth-order valence-corrected chi connectivity index (χ4v) is 3.28. The second-order valence-electron chi connectivity index (χ2n) is 5.33. The molecule has 1 N–H and O–H groups in total. The molecule has 0 bridgehead atoms. The van der Waals surface area contributed by atoms with Gasteiger partial charge in [-0.3, -0.25) is 4.98 Å². The zero-order chi connectivity index (χ0) is 16.4. The molecule has 0 aliphatic rings. The van der Waals surface area contributed by atoms with Crippen LogP contribution in [0.3, 0.4) is 0 Å². The molecule has 0 atom stereocenters. The highest BCUT2D eigenvalue weighted by Gasteiger charge is 2.02. The summed E-state index contributed by atoms with van der Waals surface area (Å²) in [6.07, 6.45) is 7.31. The number of hydrogen-bond acceptors (Lipinski definition) is 4. The van der Waals surface area contributed by atoms with Crippen LogP contribution >= 0.6 is 11.3 Å². The average molecular weight is 333 g/mol. The number of rotatable bonds is 3. The third kappa shape index (κ3) is 2.79. The third-order valence-electron chi connectivity index (χ3n) is 3.65. The number of benzene rings is 1. The smallest absolute Gasteiger partial charge is 0.211 e. The number of nitrogens with zero attached hydrogens (tertiary/aromatic N) is 4. The summed E-state index contributed by atoms with van der Waals surface area (Å²) in [6.45, 7) is 2.02. The molecule has 0 aliphatic carbocycles. The lowest BCUT2D eigenvalue weighted by molar-refractivity contribution is 0.809. The number of aromatic amines is 1. The first-order valence-corrected chi connectivity index (χ1v) is 8.41. The molecule has 3 heterocycles. The van der Waals surface area contributed by atoms with Crippen LogP contribution in [-0.2, 0) is 0 Å². The van der Waals surface area contributed by atoms with Crippen LogP contribution in [0.5, 0.6) is 0 Å². The van der Waals surface area contributed by atoms with Crippen molar-refractivity contribution >= 4 is 34.1 Å². The summed E-state index contributed by atoms with van der Waals surface area (Å²) in [5, 5.41) is 7.82. The van der Waals surface area contributed by atoms with E-state index in [1.807, 2.05) is 53.7 Å². The summed E-state index contributed by atoms with van der Waals surface area (Å²) >= 11 is 1.56. The van der Waals surface area contributed by atoms with Gasteiger partial charge in [-0.1, -0.05) is 18.2 Å². The number of thiazole rings is 1. The zero-order valence-corrected chi connectivity index (χ0v) is 13.9. The molecule has 0 saturated heterocycles. The first-order chi connectivity index (χ1) is 11.8. The summed E-state index contributed by atoms with van der Waals surface area (Å²) in [7, 11) is 0. The van der Waals surface area contributed by atoms with Crippen LogP contribution in [0.2, 0.25) is 0 Å². The van der Waals surface area contributed by atoms with E-state index in [-0.39, 0.29) is 0 Å². The number of fused-ring (bicyclic) bond motifs is 1. The van der Waals surface area contributed by atoms with Crippen LogP contribution in [0.15, 0.2) is 70.5 Å². The highest BCUT2D eigenvalue weighted by Crippen LogP contribution is 2.16. The molecule has 0 radical (unpaired) electrons. The molecular formula is C18H15N5S. The Kier molecular flexibility index (Phi) is 3.80. The lowest BCUT2D eigenvalue weighted by Crippen LogP contribution is -2.11. The van der Waals surface area contributed by atoms with Crippen LogP contribution in [-0.4, -0.2) is 20.9 Å². The van der Waals surface area contributed by atoms with Crippen molar-refractivity contribution in [1.82, 2.24) is 14.6 Å². The Hall–Kier alpha value is -2.99. The van der Waals surface area contributed by atoms with Gasteiger partial charge in [-0.15, -0.1) is 11.3 Å². The topological polar surface area (TPSA) is 58.3 Å². The SMILES string of the molecule is Cc1csc(=Nc2cccnc2)n1N=Cc1c[nH]c2ccccc12. The molecule has 0 amide bonds. The number of hydrogen-bond donors (Lipinski definition) is 1. The molecule has 24 heavy (non-hydrogen) atoms. The molecule has 118 valence electrons. The van der Waals surface area contributed by atoms with Gasteiger partial charge in [-0.25, -0.2) is 9.67 Å². The van der Waals surface area contributed by atoms with Crippen molar-refractivity contribution in [1.29, 1.82) is 0 Å². The molecule has 0 fully saturated rings. The molecule has 0 unspecified atom stereocenters. The first kappa shape index (κ1) is 14.6. The second kappa shape index (κ2) is 6.25. The molecule has 4 rings (SSSR count). The monoisotopic (exact) mass is 333 g/mol. The van der Waals surface area contributed by atoms with E-state index in [1.54, 1.807) is 23.7 Å². The van der Waals surface area contributed by atoms with Gasteiger partial charge >= 0.3 is 0 Å². The van der Waals surface area contributed by atoms with Gasteiger partial charge < -0.3 is 4.98 Å². The van der Waals surface area contributed by atoms with Crippen LogP contribution in [0.4, 0.5) is 5.69 Å². The molecule has 1 aromatic carbocycles. The Balaban J connectivity index is 1.75. The lowest BCUT2D eigenvalue weighted by atomic mass is 10.2. The summed E-state index contributed by atoms with van der Waals surface area (Å²) in [4.78, 5) is 12.8. The van der Waals surface area contributed by atoms with E-state index in [9.17, 15) is 0 Å². The van der Waals surface area contributed by atoms with Gasteiger partial charge in [0.25, 0.3) is 0 Å². The molecule has 3 aromatic heterocycles. The van der Waals surface area contributed by atoms with Gasteiger partial charge in [0.15, 0.2) is 0 Å². The van der Waals surface area contributed by atoms with Gasteiger partial charge in [0.2, 0.25) is 4.80 Å². The van der Waals surface area contributed by atoms with E-state index in [1.165, 1.54) is 0 Å². The highest BCUT2D eigenvalue weighted by molar-refractivity contribution is 7.07. The van der Waals surface area contributed by atoms with Crippen molar-refractivity contribution in [2.24, 2.45) is 10.1 Å². The van der Waals surface area contributed by atoms with Crippen LogP contribution in [0, 0.1) is 6.92 Å². The Morgan fingerprint density at radius 2 is 2.12 bits per heavy atom. The van der Waals surface area contributed by atoms with Crippen molar-refractivity contribution in [3.8, 4) is 0 Å². The quantitative estimate of drug-likeness (QED) is 0.569. The minimum Gasteiger partial charge on any atom is -0.361 e. The number of aromatic nitrogens is 3. The van der Waals surface area contributed by atoms with Crippen LogP contribution in [0.25, 0.3) is 10.9 Å². The van der Waals surface area contributed by atoms with Crippen LogP contribution < -0.4 is 4.80 Å². The number of pyridine rings is 1. The first-order valence-electron chi connectivity index (χ1n) is 7.53. The maximum absolute atomic E-state index is 4.62. The van der Waals surface area contributed by atoms with E-state index >= 15 is 0 Å². The van der Waals surface area contributed by atoms with Crippen molar-refractivity contribution in [2.45, 2.75) is 6.92 Å². The zero-order valence-electron chi connectivity index (χ0n) is 13.0. The van der Waals surface area contributed by atoms with E-state index in [2.05, 4.69) is 32.2 Å². The molecule has 0 spiro atoms. The average Bonchev–Trinajstić information content (AvgIpc) is 3.18. The lowest BCUT2D eigenvalue weighted by Gasteiger charge is -1.97. The van der Waals surface area contributed by atoms with Gasteiger partial charge in [0.1, 0.15) is 0 Å². The number of nitrogens with one attached hydrogen (secondary N) is 1. The van der Waals surface area contributed by atoms with Gasteiger partial charge in [0.05, 0.1) is 23.8 Å². The van der Waals surface area contributed by atoms with Crippen molar-refractivity contribution in [3.63, 3.8) is 0 Å². The number of H-pyrrole nitrogens is 1. The molecule has 6 heteroatoms. The van der Waals surface area contributed by atoms with E-state index in [0.717, 1.165) is 32.6 Å². The molecule has 5 nitrogen and oxygen atoms in total. The minimum absolute atomic E-state index is 0.815. The van der Waals surface area contributed by atoms with Crippen molar-refractivity contribution in [2.75, 3.05) is 0 Å². The van der Waals surface area contributed by atoms with E-state index in [0.29, 0.717) is 0 Å². The number of aryl methyl sites for hydroxylation is 1. The van der Waals surface area contributed by atoms with Crippen molar-refractivity contribution < 1.29 is 0 Å². The fraction of sp³-hybridized carbons (Fsp3) is 0.0556. The fourth-order valence-electron chi connectivity index (χ4n) is 2.45. The largest absolute Gasteiger partial charge is 0.361 e. The molecule has 4 aromatic rings. The van der Waals surface area contributed by atoms with Gasteiger partial charge in [-0.2, -0.15) is 5.10 Å². The Morgan fingerprint density at radius 3 is 3.00 bits per heavy atom. The maximum atomic E-state index is 4.62. The van der Waals surface area contributed by atoms with E-state index in [4.69, 9.17) is 0 Å². The minimum atomic E-state index is 0.815. The van der Waals surface area contributed by atoms with Gasteiger partial charge in [0, 0.05) is 34.2 Å². The van der Waals surface area contributed by atoms with Crippen molar-refractivity contribution in [3.05, 3.63) is 76.4 Å². The molecule has 0 aliphatic heterocycles. The van der Waals surface area contributed by atoms with E-state index < -0.39 is 0 Å². The summed E-state index contributed by atoms with van der Waals surface area (Å²) in [5.74, 6) is 0. The highest BCUT2D eigenvalue weighted by atomic mass is 32.1. The number of para-hydroxylation sites is 1. The Morgan fingerprint density at radius 1 is 1.21 bits per heavy atom. The van der Waals surface area contributed by atoms with Gasteiger partial charge in [-0.05, 0) is 25.1 Å². The van der Waals surface area contributed by atoms with Crippen LogP contribution in [0.1, 0.15) is 11.3 Å². The Labute approximate surface area is 142 Å². The summed E-state index contributed by atoms with van der Waals surface area (Å²) in [5.41, 5.74) is 4.01. The Bertz CT molecular complexity index is 1070. The maximum Gasteiger partial charge on any atom is 0.211 e. The second-order valence-corrected chi connectivity index (χ2v) is 6.17.